The number of hydrogen-bond acceptors (Lipinski definition) is 6. The molecule has 2 heterocycles. The molecule has 1 N–H and O–H groups in total. The van der Waals surface area contributed by atoms with Gasteiger partial charge in [-0.15, -0.1) is 0 Å². The molecule has 0 unspecified atom stereocenters. The van der Waals surface area contributed by atoms with Crippen molar-refractivity contribution in [3.63, 3.8) is 0 Å². The van der Waals surface area contributed by atoms with Crippen LogP contribution in [0.15, 0.2) is 47.4 Å². The second-order valence-electron chi connectivity index (χ2n) is 7.80. The summed E-state index contributed by atoms with van der Waals surface area (Å²) in [7, 11) is -3.27. The molecule has 4 rings (SSSR count). The molecule has 2 aliphatic heterocycles. The molecule has 2 atom stereocenters. The Morgan fingerprint density at radius 3 is 2.45 bits per heavy atom. The van der Waals surface area contributed by atoms with E-state index in [-0.39, 0.29) is 35.7 Å². The Kier molecular flexibility index (Phi) is 5.62. The molecule has 1 saturated heterocycles. The normalized spacial score (nSPS) is 19.2. The monoisotopic (exact) mass is 444 g/mol. The number of hydrogen-bond donors (Lipinski definition) is 1. The van der Waals surface area contributed by atoms with Crippen molar-refractivity contribution in [2.75, 3.05) is 30.9 Å². The van der Waals surface area contributed by atoms with Crippen LogP contribution in [0.1, 0.15) is 24.9 Å². The molecule has 1 fully saturated rings. The van der Waals surface area contributed by atoms with Crippen molar-refractivity contribution in [2.45, 2.75) is 24.3 Å². The molecule has 0 aliphatic carbocycles. The third kappa shape index (κ3) is 4.51. The van der Waals surface area contributed by atoms with Gasteiger partial charge in [0, 0.05) is 31.0 Å². The Morgan fingerprint density at radius 2 is 1.77 bits per heavy atom. The van der Waals surface area contributed by atoms with Crippen LogP contribution in [-0.2, 0) is 19.4 Å². The van der Waals surface area contributed by atoms with Gasteiger partial charge >= 0.3 is 0 Å². The molecule has 0 saturated carbocycles. The molecule has 0 aromatic heterocycles. The van der Waals surface area contributed by atoms with Crippen molar-refractivity contribution in [3.8, 4) is 11.5 Å². The zero-order chi connectivity index (χ0) is 22.2. The zero-order valence-electron chi connectivity index (χ0n) is 17.3. The number of benzene rings is 2. The van der Waals surface area contributed by atoms with E-state index in [1.54, 1.807) is 35.2 Å². The van der Waals surface area contributed by atoms with Gasteiger partial charge < -0.3 is 19.7 Å². The zero-order valence-corrected chi connectivity index (χ0v) is 18.1. The van der Waals surface area contributed by atoms with E-state index in [1.807, 2.05) is 6.92 Å². The van der Waals surface area contributed by atoms with E-state index in [0.717, 1.165) is 11.8 Å². The molecular weight excluding hydrogens is 420 g/mol. The Morgan fingerprint density at radius 1 is 1.10 bits per heavy atom. The van der Waals surface area contributed by atoms with Gasteiger partial charge in [0.25, 0.3) is 0 Å². The third-order valence-corrected chi connectivity index (χ3v) is 6.63. The van der Waals surface area contributed by atoms with E-state index in [4.69, 9.17) is 9.47 Å². The summed E-state index contributed by atoms with van der Waals surface area (Å²) in [5.41, 5.74) is 1.46. The summed E-state index contributed by atoms with van der Waals surface area (Å²) in [6, 6.07) is 11.4. The lowest BCUT2D eigenvalue weighted by atomic mass is 10.1. The highest BCUT2D eigenvalue weighted by atomic mass is 32.2. The van der Waals surface area contributed by atoms with Crippen LogP contribution in [0.2, 0.25) is 0 Å². The number of amides is 2. The lowest BCUT2D eigenvalue weighted by molar-refractivity contribution is -0.126. The number of carbonyl (C=O) groups is 2. The van der Waals surface area contributed by atoms with Gasteiger partial charge in [-0.25, -0.2) is 8.42 Å². The van der Waals surface area contributed by atoms with E-state index in [1.165, 1.54) is 12.1 Å². The molecule has 0 spiro atoms. The first-order valence-electron chi connectivity index (χ1n) is 10.0. The Hall–Kier alpha value is -3.07. The van der Waals surface area contributed by atoms with Crippen LogP contribution in [0.3, 0.4) is 0 Å². The highest BCUT2D eigenvalue weighted by Crippen LogP contribution is 2.36. The van der Waals surface area contributed by atoms with E-state index < -0.39 is 15.8 Å². The number of anilines is 1. The largest absolute Gasteiger partial charge is 0.486 e. The van der Waals surface area contributed by atoms with E-state index >= 15 is 0 Å². The number of sulfone groups is 1. The van der Waals surface area contributed by atoms with Crippen LogP contribution in [0, 0.1) is 5.92 Å². The van der Waals surface area contributed by atoms with Crippen LogP contribution in [0.4, 0.5) is 5.69 Å². The second kappa shape index (κ2) is 8.22. The van der Waals surface area contributed by atoms with Crippen molar-refractivity contribution in [2.24, 2.45) is 5.92 Å². The minimum Gasteiger partial charge on any atom is -0.486 e. The van der Waals surface area contributed by atoms with Crippen LogP contribution >= 0.6 is 0 Å². The Balaban J connectivity index is 1.41. The topological polar surface area (TPSA) is 102 Å². The van der Waals surface area contributed by atoms with Gasteiger partial charge in [0.2, 0.25) is 11.8 Å². The van der Waals surface area contributed by atoms with E-state index in [2.05, 4.69) is 5.32 Å². The predicted molar refractivity (Wildman–Crippen MR) is 114 cm³/mol. The SMILES string of the molecule is C[C@@H](NC(=O)[C@H]1CC(=O)N(c2ccc3c(c2)OCCO3)C1)c1ccc(S(C)(=O)=O)cc1. The first-order chi connectivity index (χ1) is 14.7. The second-order valence-corrected chi connectivity index (χ2v) is 9.82. The fourth-order valence-corrected chi connectivity index (χ4v) is 4.38. The molecule has 2 aliphatic rings. The van der Waals surface area contributed by atoms with Gasteiger partial charge in [-0.2, -0.15) is 0 Å². The quantitative estimate of drug-likeness (QED) is 0.758. The number of carbonyl (C=O) groups excluding carboxylic acids is 2. The van der Waals surface area contributed by atoms with Crippen molar-refractivity contribution >= 4 is 27.3 Å². The van der Waals surface area contributed by atoms with Crippen molar-refractivity contribution in [1.82, 2.24) is 5.32 Å². The minimum atomic E-state index is -3.27. The molecule has 0 bridgehead atoms. The smallest absolute Gasteiger partial charge is 0.227 e. The van der Waals surface area contributed by atoms with Crippen molar-refractivity contribution in [3.05, 3.63) is 48.0 Å². The van der Waals surface area contributed by atoms with E-state index in [0.29, 0.717) is 30.4 Å². The summed E-state index contributed by atoms with van der Waals surface area (Å²) < 4.78 is 34.3. The first-order valence-corrected chi connectivity index (χ1v) is 11.9. The fourth-order valence-electron chi connectivity index (χ4n) is 3.75. The molecule has 2 aromatic rings. The summed E-state index contributed by atoms with van der Waals surface area (Å²) in [6.07, 6.45) is 1.28. The van der Waals surface area contributed by atoms with Gasteiger partial charge in [-0.1, -0.05) is 12.1 Å². The summed E-state index contributed by atoms with van der Waals surface area (Å²) >= 11 is 0. The Bertz CT molecular complexity index is 1110. The maximum Gasteiger partial charge on any atom is 0.227 e. The molecule has 9 heteroatoms. The summed E-state index contributed by atoms with van der Waals surface area (Å²) in [4.78, 5) is 27.2. The minimum absolute atomic E-state index is 0.123. The number of rotatable bonds is 5. The first kappa shape index (κ1) is 21.2. The maximum absolute atomic E-state index is 12.8. The van der Waals surface area contributed by atoms with Gasteiger partial charge in [0.05, 0.1) is 16.9 Å². The van der Waals surface area contributed by atoms with Crippen molar-refractivity contribution < 1.29 is 27.5 Å². The maximum atomic E-state index is 12.8. The lowest BCUT2D eigenvalue weighted by Crippen LogP contribution is -2.34. The van der Waals surface area contributed by atoms with Crippen LogP contribution in [-0.4, -0.2) is 46.2 Å². The summed E-state index contributed by atoms with van der Waals surface area (Å²) in [6.45, 7) is 3.05. The lowest BCUT2D eigenvalue weighted by Gasteiger charge is -2.22. The summed E-state index contributed by atoms with van der Waals surface area (Å²) in [5.74, 6) is 0.427. The molecular formula is C22H24N2O6S. The van der Waals surface area contributed by atoms with Crippen LogP contribution in [0.5, 0.6) is 11.5 Å². The summed E-state index contributed by atoms with van der Waals surface area (Å²) in [5, 5.41) is 2.93. The Labute approximate surface area is 181 Å². The fraction of sp³-hybridized carbons (Fsp3) is 0.364. The molecule has 2 amide bonds. The predicted octanol–water partition coefficient (Wildman–Crippen LogP) is 2.09. The molecule has 31 heavy (non-hydrogen) atoms. The molecule has 0 radical (unpaired) electrons. The number of fused-ring (bicyclic) bond motifs is 1. The van der Waals surface area contributed by atoms with E-state index in [9.17, 15) is 18.0 Å². The average molecular weight is 445 g/mol. The molecule has 164 valence electrons. The van der Waals surface area contributed by atoms with Crippen LogP contribution < -0.4 is 19.7 Å². The van der Waals surface area contributed by atoms with Gasteiger partial charge in [0.15, 0.2) is 21.3 Å². The van der Waals surface area contributed by atoms with Gasteiger partial charge in [-0.05, 0) is 36.8 Å². The number of nitrogens with zero attached hydrogens (tertiary/aromatic N) is 1. The molecule has 2 aromatic carbocycles. The van der Waals surface area contributed by atoms with Gasteiger partial charge in [0.1, 0.15) is 13.2 Å². The average Bonchev–Trinajstić information content (AvgIpc) is 3.14. The van der Waals surface area contributed by atoms with Crippen molar-refractivity contribution in [1.29, 1.82) is 0 Å². The number of nitrogens with one attached hydrogen (secondary N) is 1. The van der Waals surface area contributed by atoms with Gasteiger partial charge in [-0.3, -0.25) is 9.59 Å². The number of ether oxygens (including phenoxy) is 2. The third-order valence-electron chi connectivity index (χ3n) is 5.50. The van der Waals surface area contributed by atoms with Crippen LogP contribution in [0.25, 0.3) is 0 Å². The highest BCUT2D eigenvalue weighted by molar-refractivity contribution is 7.90. The standard InChI is InChI=1S/C22H24N2O6S/c1-14(15-3-6-18(7-4-15)31(2,27)28)23-22(26)16-11-21(25)24(13-16)17-5-8-19-20(12-17)30-10-9-29-19/h3-8,12,14,16H,9-11,13H2,1-2H3,(H,23,26)/t14-,16+/m1/s1. The molecule has 8 nitrogen and oxygen atoms in total. The highest BCUT2D eigenvalue weighted by Gasteiger charge is 2.36.